The van der Waals surface area contributed by atoms with Crippen LogP contribution in [0.3, 0.4) is 0 Å². The molecule has 0 fully saturated rings. The van der Waals surface area contributed by atoms with E-state index in [9.17, 15) is 18.0 Å². The van der Waals surface area contributed by atoms with Crippen LogP contribution in [-0.2, 0) is 11.0 Å². The predicted molar refractivity (Wildman–Crippen MR) is 69.2 cm³/mol. The van der Waals surface area contributed by atoms with Crippen LogP contribution in [0, 0.1) is 0 Å². The van der Waals surface area contributed by atoms with Gasteiger partial charge in [-0.2, -0.15) is 13.2 Å². The molecule has 0 aliphatic carbocycles. The lowest BCUT2D eigenvalue weighted by molar-refractivity contribution is -0.137. The van der Waals surface area contributed by atoms with E-state index in [-0.39, 0.29) is 21.6 Å². The lowest BCUT2D eigenvalue weighted by atomic mass is 10.2. The SMILES string of the molecule is NC(=S)CC(=O)Nc1cc(Br)cc(C(F)(F)F)c1. The highest BCUT2D eigenvalue weighted by molar-refractivity contribution is 9.10. The topological polar surface area (TPSA) is 55.1 Å². The quantitative estimate of drug-likeness (QED) is 0.831. The minimum atomic E-state index is -4.48. The second-order valence-electron chi connectivity index (χ2n) is 3.42. The molecular formula is C10H8BrF3N2OS. The van der Waals surface area contributed by atoms with E-state index < -0.39 is 17.6 Å². The highest BCUT2D eigenvalue weighted by Crippen LogP contribution is 2.33. The van der Waals surface area contributed by atoms with Crippen molar-refractivity contribution < 1.29 is 18.0 Å². The summed E-state index contributed by atoms with van der Waals surface area (Å²) in [4.78, 5) is 11.3. The molecule has 0 atom stereocenters. The monoisotopic (exact) mass is 340 g/mol. The Bertz CT molecular complexity index is 491. The first-order valence-electron chi connectivity index (χ1n) is 4.64. The zero-order chi connectivity index (χ0) is 13.9. The van der Waals surface area contributed by atoms with E-state index in [2.05, 4.69) is 33.5 Å². The first-order chi connectivity index (χ1) is 8.18. The summed E-state index contributed by atoms with van der Waals surface area (Å²) >= 11 is 7.47. The number of hydrogen-bond acceptors (Lipinski definition) is 2. The fourth-order valence-electron chi connectivity index (χ4n) is 1.19. The van der Waals surface area contributed by atoms with Gasteiger partial charge in [0.25, 0.3) is 0 Å². The summed E-state index contributed by atoms with van der Waals surface area (Å²) in [5, 5.41) is 2.29. The highest BCUT2D eigenvalue weighted by Gasteiger charge is 2.31. The molecular weight excluding hydrogens is 333 g/mol. The molecule has 1 aromatic carbocycles. The fraction of sp³-hybridized carbons (Fsp3) is 0.200. The fourth-order valence-corrected chi connectivity index (χ4v) is 1.81. The Morgan fingerprint density at radius 1 is 1.39 bits per heavy atom. The van der Waals surface area contributed by atoms with Gasteiger partial charge >= 0.3 is 6.18 Å². The Hall–Kier alpha value is -1.15. The van der Waals surface area contributed by atoms with Gasteiger partial charge in [-0.15, -0.1) is 0 Å². The molecule has 0 aliphatic rings. The molecule has 3 nitrogen and oxygen atoms in total. The molecule has 0 saturated heterocycles. The number of alkyl halides is 3. The van der Waals surface area contributed by atoms with Gasteiger partial charge in [0.2, 0.25) is 5.91 Å². The van der Waals surface area contributed by atoms with Crippen LogP contribution in [0.1, 0.15) is 12.0 Å². The molecule has 0 aliphatic heterocycles. The van der Waals surface area contributed by atoms with E-state index in [1.807, 2.05) is 0 Å². The number of rotatable bonds is 3. The van der Waals surface area contributed by atoms with Gasteiger partial charge < -0.3 is 11.1 Å². The van der Waals surface area contributed by atoms with Gasteiger partial charge in [0, 0.05) is 10.2 Å². The van der Waals surface area contributed by atoms with Crippen molar-refractivity contribution in [2.45, 2.75) is 12.6 Å². The molecule has 0 aromatic heterocycles. The Morgan fingerprint density at radius 3 is 2.50 bits per heavy atom. The van der Waals surface area contributed by atoms with E-state index >= 15 is 0 Å². The number of amides is 1. The van der Waals surface area contributed by atoms with E-state index in [0.717, 1.165) is 12.1 Å². The van der Waals surface area contributed by atoms with Crippen molar-refractivity contribution in [2.75, 3.05) is 5.32 Å². The van der Waals surface area contributed by atoms with Gasteiger partial charge in [-0.25, -0.2) is 0 Å². The summed E-state index contributed by atoms with van der Waals surface area (Å²) in [6, 6.07) is 3.11. The zero-order valence-corrected chi connectivity index (χ0v) is 11.2. The number of benzene rings is 1. The largest absolute Gasteiger partial charge is 0.416 e. The van der Waals surface area contributed by atoms with E-state index in [1.54, 1.807) is 0 Å². The first-order valence-corrected chi connectivity index (χ1v) is 5.84. The van der Waals surface area contributed by atoms with Crippen LogP contribution in [0.25, 0.3) is 0 Å². The zero-order valence-electron chi connectivity index (χ0n) is 8.84. The lowest BCUT2D eigenvalue weighted by Gasteiger charge is -2.11. The number of hydrogen-bond donors (Lipinski definition) is 2. The molecule has 1 aromatic rings. The minimum absolute atomic E-state index is 0.0259. The smallest absolute Gasteiger partial charge is 0.393 e. The van der Waals surface area contributed by atoms with Crippen LogP contribution in [-0.4, -0.2) is 10.9 Å². The van der Waals surface area contributed by atoms with Gasteiger partial charge in [-0.1, -0.05) is 28.1 Å². The molecule has 0 heterocycles. The number of halogens is 4. The Kier molecular flexibility index (Phi) is 4.69. The third-order valence-corrected chi connectivity index (χ3v) is 2.45. The number of carbonyl (C=O) groups is 1. The Labute approximate surface area is 115 Å². The normalized spacial score (nSPS) is 11.1. The van der Waals surface area contributed by atoms with E-state index in [0.29, 0.717) is 0 Å². The van der Waals surface area contributed by atoms with Crippen molar-refractivity contribution in [1.82, 2.24) is 0 Å². The van der Waals surface area contributed by atoms with Crippen molar-refractivity contribution in [3.63, 3.8) is 0 Å². The molecule has 8 heteroatoms. The summed E-state index contributed by atoms with van der Waals surface area (Å²) in [7, 11) is 0. The molecule has 98 valence electrons. The molecule has 0 spiro atoms. The predicted octanol–water partition coefficient (Wildman–Crippen LogP) is 3.08. The molecule has 1 rings (SSSR count). The van der Waals surface area contributed by atoms with Crippen molar-refractivity contribution in [3.05, 3.63) is 28.2 Å². The van der Waals surface area contributed by atoms with Crippen LogP contribution < -0.4 is 11.1 Å². The molecule has 18 heavy (non-hydrogen) atoms. The third-order valence-electron chi connectivity index (χ3n) is 1.84. The Morgan fingerprint density at radius 2 is 2.00 bits per heavy atom. The van der Waals surface area contributed by atoms with Crippen LogP contribution in [0.4, 0.5) is 18.9 Å². The van der Waals surface area contributed by atoms with Gasteiger partial charge in [0.15, 0.2) is 0 Å². The van der Waals surface area contributed by atoms with Gasteiger partial charge in [0.05, 0.1) is 17.0 Å². The number of carbonyl (C=O) groups excluding carboxylic acids is 1. The lowest BCUT2D eigenvalue weighted by Crippen LogP contribution is -2.20. The summed E-state index contributed by atoms with van der Waals surface area (Å²) in [5.41, 5.74) is 4.32. The molecule has 0 unspecified atom stereocenters. The van der Waals surface area contributed by atoms with Crippen molar-refractivity contribution in [2.24, 2.45) is 5.73 Å². The molecule has 1 amide bonds. The Balaban J connectivity index is 2.94. The molecule has 0 radical (unpaired) electrons. The first kappa shape index (κ1) is 14.9. The number of nitrogens with one attached hydrogen (secondary N) is 1. The molecule has 3 N–H and O–H groups in total. The molecule has 0 saturated carbocycles. The van der Waals surface area contributed by atoms with E-state index in [4.69, 9.17) is 5.73 Å². The number of anilines is 1. The van der Waals surface area contributed by atoms with Crippen LogP contribution in [0.2, 0.25) is 0 Å². The average Bonchev–Trinajstić information content (AvgIpc) is 2.13. The third kappa shape index (κ3) is 4.61. The summed E-state index contributed by atoms with van der Waals surface area (Å²) in [5.74, 6) is -0.561. The van der Waals surface area contributed by atoms with Crippen molar-refractivity contribution >= 4 is 44.7 Å². The van der Waals surface area contributed by atoms with Gasteiger partial charge in [0.1, 0.15) is 0 Å². The molecule has 0 bridgehead atoms. The van der Waals surface area contributed by atoms with Crippen molar-refractivity contribution in [3.8, 4) is 0 Å². The number of thiocarbonyl (C=S) groups is 1. The van der Waals surface area contributed by atoms with Crippen LogP contribution in [0.15, 0.2) is 22.7 Å². The van der Waals surface area contributed by atoms with Crippen LogP contribution >= 0.6 is 28.1 Å². The van der Waals surface area contributed by atoms with Crippen molar-refractivity contribution in [1.29, 1.82) is 0 Å². The summed E-state index contributed by atoms with van der Waals surface area (Å²) in [6.45, 7) is 0. The maximum absolute atomic E-state index is 12.5. The number of nitrogens with two attached hydrogens (primary N) is 1. The standard InChI is InChI=1S/C10H8BrF3N2OS/c11-6-1-5(10(12,13)14)2-7(3-6)16-9(17)4-8(15)18/h1-3H,4H2,(H2,15,18)(H,16,17). The second kappa shape index (κ2) is 5.66. The van der Waals surface area contributed by atoms with Gasteiger partial charge in [-0.05, 0) is 18.2 Å². The second-order valence-corrected chi connectivity index (χ2v) is 4.86. The minimum Gasteiger partial charge on any atom is -0.393 e. The van der Waals surface area contributed by atoms with Gasteiger partial charge in [-0.3, -0.25) is 4.79 Å². The average molecular weight is 341 g/mol. The van der Waals surface area contributed by atoms with E-state index in [1.165, 1.54) is 6.07 Å². The summed E-state index contributed by atoms with van der Waals surface area (Å²) in [6.07, 6.45) is -4.70. The highest BCUT2D eigenvalue weighted by atomic mass is 79.9. The summed E-state index contributed by atoms with van der Waals surface area (Å²) < 4.78 is 37.8. The maximum atomic E-state index is 12.5. The van der Waals surface area contributed by atoms with Crippen LogP contribution in [0.5, 0.6) is 0 Å². The maximum Gasteiger partial charge on any atom is 0.416 e.